The molecular weight excluding hydrogens is 1430 g/mol. The molecule has 16 atom stereocenters. The van der Waals surface area contributed by atoms with E-state index in [-0.39, 0.29) is 70.6 Å². The first-order valence-corrected chi connectivity index (χ1v) is 43.5. The zero-order valence-electron chi connectivity index (χ0n) is 68.4. The highest BCUT2D eigenvalue weighted by molar-refractivity contribution is 5.80. The molecule has 16 unspecified atom stereocenters. The van der Waals surface area contributed by atoms with Crippen molar-refractivity contribution < 1.29 is 31.8 Å². The second-order valence-electron chi connectivity index (χ2n) is 36.9. The van der Waals surface area contributed by atoms with Crippen molar-refractivity contribution >= 4 is 22.7 Å². The number of nitrogens with zero attached hydrogens (tertiary/aromatic N) is 2. The van der Waals surface area contributed by atoms with E-state index in [1.54, 1.807) is 12.1 Å². The number of fused-ring (bicyclic) bond motifs is 9. The fraction of sp³-hybridized carbons (Fsp3) is 0.415. The molecule has 17 rings (SSSR count). The molecule has 5 nitrogen and oxygen atoms in total. The van der Waals surface area contributed by atoms with Crippen molar-refractivity contribution in [2.24, 2.45) is 58.7 Å². The average molecular weight is 1540 g/mol. The number of anilines is 4. The smallest absolute Gasteiger partial charge is 0.160 e. The van der Waals surface area contributed by atoms with E-state index in [0.717, 1.165) is 144 Å². The number of hydrogen-bond acceptors (Lipinski definition) is 5. The Kier molecular flexibility index (Phi) is 22.4. The third-order valence-corrected chi connectivity index (χ3v) is 28.3. The van der Waals surface area contributed by atoms with Crippen LogP contribution in [0.4, 0.5) is 40.3 Å². The van der Waals surface area contributed by atoms with E-state index in [1.807, 2.05) is 24.3 Å². The van der Waals surface area contributed by atoms with Crippen LogP contribution in [0.15, 0.2) is 290 Å². The maximum absolute atomic E-state index is 16.6. The fourth-order valence-corrected chi connectivity index (χ4v) is 22.5. The van der Waals surface area contributed by atoms with E-state index in [2.05, 4.69) is 247 Å². The third-order valence-electron chi connectivity index (χ3n) is 28.3. The summed E-state index contributed by atoms with van der Waals surface area (Å²) in [7, 11) is 0. The summed E-state index contributed by atoms with van der Waals surface area (Å²) in [5, 5.41) is 0. The number of ether oxygens (including phenoxy) is 3. The van der Waals surface area contributed by atoms with E-state index in [4.69, 9.17) is 14.2 Å². The van der Waals surface area contributed by atoms with Crippen LogP contribution in [0, 0.1) is 81.9 Å². The Morgan fingerprint density at radius 1 is 0.574 bits per heavy atom. The van der Waals surface area contributed by atoms with Gasteiger partial charge in [0.05, 0.1) is 23.8 Å². The molecule has 1 fully saturated rings. The van der Waals surface area contributed by atoms with Crippen LogP contribution < -0.4 is 14.5 Å². The van der Waals surface area contributed by atoms with E-state index < -0.39 is 40.0 Å². The van der Waals surface area contributed by atoms with E-state index in [9.17, 15) is 0 Å². The highest BCUT2D eigenvalue weighted by atomic mass is 19.2. The fourth-order valence-electron chi connectivity index (χ4n) is 22.5. The van der Waals surface area contributed by atoms with Crippen LogP contribution >= 0.6 is 0 Å². The number of allylic oxidation sites excluding steroid dienone is 26. The van der Waals surface area contributed by atoms with Gasteiger partial charge in [0.25, 0.3) is 0 Å². The molecule has 9 heteroatoms. The Labute approximate surface area is 682 Å². The monoisotopic (exact) mass is 1540 g/mol. The van der Waals surface area contributed by atoms with Gasteiger partial charge in [0.1, 0.15) is 11.9 Å². The molecule has 0 N–H and O–H groups in total. The predicted octanol–water partition coefficient (Wildman–Crippen LogP) is 27.4. The standard InChI is InChI=1S/C106H116F4N2O3/c1-9-69-35-55-83(56-36-69)113-63-17-15-21-71-31-39-75(40-32-71)105(77-47-43-73(44-48-77)103(3,4)5)89-25-13-11-23-85(89)87-59-51-79(65-91(87)105)111(81-53-61-93(107)95(109)67-81)97-27-19-29-99-101(97)102-98(28-20-30-100(102)115-99)112(82-54-62-94(108)96(110)68-82)80-52-60-88-86-24-12-14-26-90(86)106(92(88)66-80,78-49-45-74(46-50-78)104(6,7)8)76-41-33-72(34-42-76)22-16-18-64-114-84-57-37-70(10-2)38-58-84/h9-13,19,23-25,27-29,31,33,35,37,39-41,43-49,51-55,57,59-62,65-71,78,83-87,89-91,100,102H,1-2,14-18,20-22,26,30,32,34,36,38,42,50,56,58,63-64H2,3-8H3. The summed E-state index contributed by atoms with van der Waals surface area (Å²) in [5.41, 5.74) is 14.9. The summed E-state index contributed by atoms with van der Waals surface area (Å²) in [6.45, 7) is 23.3. The minimum atomic E-state index is -0.951. The predicted molar refractivity (Wildman–Crippen MR) is 464 cm³/mol. The van der Waals surface area contributed by atoms with Gasteiger partial charge in [0.2, 0.25) is 0 Å². The van der Waals surface area contributed by atoms with E-state index in [1.165, 1.54) is 68.8 Å². The second kappa shape index (κ2) is 32.8. The molecule has 1 saturated carbocycles. The molecule has 5 aromatic carbocycles. The molecule has 0 bridgehead atoms. The van der Waals surface area contributed by atoms with Gasteiger partial charge < -0.3 is 24.0 Å². The van der Waals surface area contributed by atoms with Gasteiger partial charge in [-0.05, 0) is 255 Å². The molecule has 1 heterocycles. The molecular formula is C106H116F4N2O3. The first kappa shape index (κ1) is 78.5. The molecule has 0 aromatic heterocycles. The van der Waals surface area contributed by atoms with Crippen LogP contribution in [-0.2, 0) is 25.7 Å². The lowest BCUT2D eigenvalue weighted by Gasteiger charge is -2.48. The van der Waals surface area contributed by atoms with E-state index >= 15 is 17.6 Å². The lowest BCUT2D eigenvalue weighted by molar-refractivity contribution is 0.0697. The normalized spacial score (nSPS) is 30.0. The first-order chi connectivity index (χ1) is 55.8. The van der Waals surface area contributed by atoms with Gasteiger partial charge in [-0.1, -0.05) is 235 Å². The average Bonchev–Trinajstić information content (AvgIpc) is 1.55. The molecule has 115 heavy (non-hydrogen) atoms. The van der Waals surface area contributed by atoms with Crippen molar-refractivity contribution in [3.05, 3.63) is 341 Å². The largest absolute Gasteiger partial charge is 0.489 e. The summed E-state index contributed by atoms with van der Waals surface area (Å²) in [6.07, 6.45) is 74.2. The Hall–Kier alpha value is -9.02. The minimum absolute atomic E-state index is 0.0244. The zero-order valence-corrected chi connectivity index (χ0v) is 68.4. The van der Waals surface area contributed by atoms with Gasteiger partial charge >= 0.3 is 0 Å². The molecule has 0 amide bonds. The summed E-state index contributed by atoms with van der Waals surface area (Å²) >= 11 is 0. The summed E-state index contributed by atoms with van der Waals surface area (Å²) in [6, 6.07) is 31.3. The van der Waals surface area contributed by atoms with Crippen LogP contribution in [0.5, 0.6) is 5.75 Å². The first-order valence-electron chi connectivity index (χ1n) is 43.5. The number of halogens is 4. The van der Waals surface area contributed by atoms with Crippen LogP contribution in [0.2, 0.25) is 0 Å². The Balaban J connectivity index is 0.759. The molecule has 1 aliphatic heterocycles. The lowest BCUT2D eigenvalue weighted by atomic mass is 9.55. The second-order valence-corrected chi connectivity index (χ2v) is 36.9. The van der Waals surface area contributed by atoms with Crippen molar-refractivity contribution in [2.45, 2.75) is 204 Å². The number of rotatable bonds is 24. The highest BCUT2D eigenvalue weighted by Crippen LogP contribution is 2.67. The van der Waals surface area contributed by atoms with Crippen LogP contribution in [0.3, 0.4) is 0 Å². The summed E-state index contributed by atoms with van der Waals surface area (Å²) in [5.74, 6) is -1.49. The number of unbranched alkanes of at least 4 members (excludes halogenated alkanes) is 2. The molecule has 12 aliphatic rings. The topological polar surface area (TPSA) is 34.2 Å². The Bertz CT molecular complexity index is 4990. The molecule has 5 aromatic rings. The zero-order chi connectivity index (χ0) is 79.3. The van der Waals surface area contributed by atoms with Crippen molar-refractivity contribution in [1.29, 1.82) is 0 Å². The minimum Gasteiger partial charge on any atom is -0.489 e. The lowest BCUT2D eigenvalue weighted by Crippen LogP contribution is -2.43. The van der Waals surface area contributed by atoms with Crippen LogP contribution in [0.1, 0.15) is 197 Å². The van der Waals surface area contributed by atoms with Crippen molar-refractivity contribution in [2.75, 3.05) is 23.0 Å². The number of hydrogen-bond donors (Lipinski definition) is 0. The van der Waals surface area contributed by atoms with Crippen molar-refractivity contribution in [3.63, 3.8) is 0 Å². The number of benzene rings is 5. The maximum Gasteiger partial charge on any atom is 0.160 e. The quantitative estimate of drug-likeness (QED) is 0.0349. The molecule has 0 saturated heterocycles. The van der Waals surface area contributed by atoms with Crippen molar-refractivity contribution in [3.8, 4) is 5.75 Å². The molecule has 596 valence electrons. The Morgan fingerprint density at radius 2 is 1.28 bits per heavy atom. The van der Waals surface area contributed by atoms with Gasteiger partial charge in [-0.3, -0.25) is 0 Å². The molecule has 11 aliphatic carbocycles. The van der Waals surface area contributed by atoms with Crippen LogP contribution in [0.25, 0.3) is 0 Å². The van der Waals surface area contributed by atoms with Gasteiger partial charge in [-0.2, -0.15) is 0 Å². The van der Waals surface area contributed by atoms with Crippen molar-refractivity contribution in [1.82, 2.24) is 0 Å². The van der Waals surface area contributed by atoms with Gasteiger partial charge in [0, 0.05) is 82.0 Å². The third kappa shape index (κ3) is 14.9. The van der Waals surface area contributed by atoms with E-state index in [0.29, 0.717) is 47.7 Å². The van der Waals surface area contributed by atoms with Gasteiger partial charge in [-0.25, -0.2) is 17.6 Å². The molecule has 0 spiro atoms. The SMILES string of the molecule is C=CC1C=CC(OCCCCC2=CC=C(C3(C4C=CC(C(C)(C)C)=CC4)c4cc(N(C5=CCCC6Oc7cccc(N(C8=CC9C(C=C8)C8C=CC=CC8C9(C8=CCC(CCCCOC9C=CC(C=C)CC9)C=C8)c8ccc(C(C)(C)C)cc8)c8ccc(F)c(F)c8)c7C56)c5ccc(F)c(F)c5)ccc4C4C=CCCC43)CC2)CC1. The highest BCUT2D eigenvalue weighted by Gasteiger charge is 2.61. The Morgan fingerprint density at radius 3 is 1.93 bits per heavy atom. The van der Waals surface area contributed by atoms with Crippen LogP contribution in [-0.4, -0.2) is 31.5 Å². The van der Waals surface area contributed by atoms with Gasteiger partial charge in [-0.15, -0.1) is 13.2 Å². The van der Waals surface area contributed by atoms with Gasteiger partial charge in [0.15, 0.2) is 23.3 Å². The maximum atomic E-state index is 16.6. The summed E-state index contributed by atoms with van der Waals surface area (Å²) in [4.78, 5) is 4.36. The molecule has 0 radical (unpaired) electrons. The summed E-state index contributed by atoms with van der Waals surface area (Å²) < 4.78 is 85.0.